The van der Waals surface area contributed by atoms with Crippen molar-refractivity contribution >= 4 is 17.6 Å². The lowest BCUT2D eigenvalue weighted by molar-refractivity contribution is -0.00697. The van der Waals surface area contributed by atoms with Crippen molar-refractivity contribution in [3.8, 4) is 5.75 Å². The van der Waals surface area contributed by atoms with Gasteiger partial charge in [-0.2, -0.15) is 0 Å². The number of fused-ring (bicyclic) bond motifs is 1. The highest BCUT2D eigenvalue weighted by atomic mass is 35.5. The minimum Gasteiger partial charge on any atom is -0.492 e. The van der Waals surface area contributed by atoms with Crippen molar-refractivity contribution in [2.75, 3.05) is 6.61 Å². The van der Waals surface area contributed by atoms with E-state index in [1.165, 1.54) is 0 Å². The van der Waals surface area contributed by atoms with Gasteiger partial charge in [-0.15, -0.1) is 0 Å². The number of rotatable bonds is 4. The first-order chi connectivity index (χ1) is 10.9. The zero-order chi connectivity index (χ0) is 16.4. The summed E-state index contributed by atoms with van der Waals surface area (Å²) in [4.78, 5) is 12.3. The van der Waals surface area contributed by atoms with E-state index in [2.05, 4.69) is 0 Å². The smallest absolute Gasteiger partial charge is 0.342 e. The molecule has 4 heteroatoms. The van der Waals surface area contributed by atoms with Gasteiger partial charge in [0.1, 0.15) is 16.9 Å². The van der Waals surface area contributed by atoms with Crippen LogP contribution in [-0.2, 0) is 17.6 Å². The van der Waals surface area contributed by atoms with E-state index in [0.29, 0.717) is 24.3 Å². The van der Waals surface area contributed by atoms with Crippen LogP contribution in [0.1, 0.15) is 35.3 Å². The molecule has 23 heavy (non-hydrogen) atoms. The Morgan fingerprint density at radius 1 is 1.17 bits per heavy atom. The molecule has 0 saturated carbocycles. The standard InChI is InChI=1S/C19H19ClO3/c1-19(2)12-14-4-3-5-16(17(14)18(21)23-19)22-11-10-13-6-8-15(20)9-7-13/h3-9H,10-12H2,1-2H3. The van der Waals surface area contributed by atoms with Gasteiger partial charge in [-0.05, 0) is 43.2 Å². The van der Waals surface area contributed by atoms with Crippen LogP contribution >= 0.6 is 11.6 Å². The van der Waals surface area contributed by atoms with E-state index >= 15 is 0 Å². The van der Waals surface area contributed by atoms with Gasteiger partial charge in [0, 0.05) is 17.9 Å². The molecule has 120 valence electrons. The second kappa shape index (κ2) is 6.25. The van der Waals surface area contributed by atoms with Crippen molar-refractivity contribution in [3.63, 3.8) is 0 Å². The maximum Gasteiger partial charge on any atom is 0.342 e. The van der Waals surface area contributed by atoms with E-state index in [-0.39, 0.29) is 5.97 Å². The Labute approximate surface area is 141 Å². The number of benzene rings is 2. The predicted octanol–water partition coefficient (Wildman–Crippen LogP) is 4.45. The number of hydrogen-bond acceptors (Lipinski definition) is 3. The van der Waals surface area contributed by atoms with Crippen molar-refractivity contribution in [2.45, 2.75) is 32.3 Å². The van der Waals surface area contributed by atoms with Crippen LogP contribution < -0.4 is 4.74 Å². The maximum absolute atomic E-state index is 12.3. The van der Waals surface area contributed by atoms with Crippen molar-refractivity contribution in [1.82, 2.24) is 0 Å². The quantitative estimate of drug-likeness (QED) is 0.777. The monoisotopic (exact) mass is 330 g/mol. The molecule has 1 heterocycles. The molecule has 0 amide bonds. The topological polar surface area (TPSA) is 35.5 Å². The second-order valence-corrected chi connectivity index (χ2v) is 6.78. The number of ether oxygens (including phenoxy) is 2. The first-order valence-corrected chi connectivity index (χ1v) is 8.05. The van der Waals surface area contributed by atoms with Gasteiger partial charge in [-0.25, -0.2) is 4.79 Å². The summed E-state index contributed by atoms with van der Waals surface area (Å²) < 4.78 is 11.3. The van der Waals surface area contributed by atoms with E-state index in [1.54, 1.807) is 0 Å². The molecule has 1 aliphatic heterocycles. The SMILES string of the molecule is CC1(C)Cc2cccc(OCCc3ccc(Cl)cc3)c2C(=O)O1. The Morgan fingerprint density at radius 3 is 2.65 bits per heavy atom. The fourth-order valence-electron chi connectivity index (χ4n) is 2.80. The zero-order valence-corrected chi connectivity index (χ0v) is 14.0. The molecule has 0 fully saturated rings. The van der Waals surface area contributed by atoms with E-state index in [9.17, 15) is 4.79 Å². The molecule has 0 unspecified atom stereocenters. The minimum absolute atomic E-state index is 0.307. The van der Waals surface area contributed by atoms with Crippen LogP contribution in [0.15, 0.2) is 42.5 Å². The molecule has 1 aliphatic rings. The molecule has 0 saturated heterocycles. The molecule has 0 aliphatic carbocycles. The van der Waals surface area contributed by atoms with E-state index in [0.717, 1.165) is 22.6 Å². The molecule has 3 nitrogen and oxygen atoms in total. The summed E-state index contributed by atoms with van der Waals surface area (Å²) >= 11 is 5.88. The van der Waals surface area contributed by atoms with E-state index < -0.39 is 5.60 Å². The number of cyclic esters (lactones) is 1. The van der Waals surface area contributed by atoms with Crippen LogP contribution in [0, 0.1) is 0 Å². The molecular formula is C19H19ClO3. The number of esters is 1. The fourth-order valence-corrected chi connectivity index (χ4v) is 2.93. The lowest BCUT2D eigenvalue weighted by atomic mass is 9.91. The Morgan fingerprint density at radius 2 is 1.91 bits per heavy atom. The first kappa shape index (κ1) is 15.9. The van der Waals surface area contributed by atoms with Gasteiger partial charge in [0.25, 0.3) is 0 Å². The summed E-state index contributed by atoms with van der Waals surface area (Å²) in [5.41, 5.74) is 2.22. The average Bonchev–Trinajstić information content (AvgIpc) is 2.47. The van der Waals surface area contributed by atoms with Gasteiger partial charge in [-0.3, -0.25) is 0 Å². The summed E-state index contributed by atoms with van der Waals surface area (Å²) in [5, 5.41) is 0.720. The normalized spacial score (nSPS) is 15.7. The Kier molecular flexibility index (Phi) is 4.31. The van der Waals surface area contributed by atoms with Gasteiger partial charge < -0.3 is 9.47 Å². The average molecular weight is 331 g/mol. The van der Waals surface area contributed by atoms with Crippen LogP contribution in [0.4, 0.5) is 0 Å². The van der Waals surface area contributed by atoms with Crippen molar-refractivity contribution < 1.29 is 14.3 Å². The van der Waals surface area contributed by atoms with Crippen molar-refractivity contribution in [3.05, 3.63) is 64.2 Å². The summed E-state index contributed by atoms with van der Waals surface area (Å²) in [5.74, 6) is 0.287. The van der Waals surface area contributed by atoms with Gasteiger partial charge in [0.15, 0.2) is 0 Å². The molecule has 3 rings (SSSR count). The Hall–Kier alpha value is -2.00. The number of halogens is 1. The molecule has 0 aromatic heterocycles. The minimum atomic E-state index is -0.466. The van der Waals surface area contributed by atoms with E-state index in [4.69, 9.17) is 21.1 Å². The lowest BCUT2D eigenvalue weighted by Gasteiger charge is -2.31. The summed E-state index contributed by atoms with van der Waals surface area (Å²) in [6, 6.07) is 13.4. The first-order valence-electron chi connectivity index (χ1n) is 7.67. The predicted molar refractivity (Wildman–Crippen MR) is 90.3 cm³/mol. The number of hydrogen-bond donors (Lipinski definition) is 0. The molecule has 0 N–H and O–H groups in total. The molecular weight excluding hydrogens is 312 g/mol. The number of carbonyl (C=O) groups excluding carboxylic acids is 1. The largest absolute Gasteiger partial charge is 0.492 e. The highest BCUT2D eigenvalue weighted by Crippen LogP contribution is 2.33. The van der Waals surface area contributed by atoms with Gasteiger partial charge in [0.2, 0.25) is 0 Å². The van der Waals surface area contributed by atoms with Crippen LogP contribution in [-0.4, -0.2) is 18.2 Å². The third kappa shape index (κ3) is 3.67. The van der Waals surface area contributed by atoms with Gasteiger partial charge in [0.05, 0.1) is 6.61 Å². The molecule has 0 atom stereocenters. The fraction of sp³-hybridized carbons (Fsp3) is 0.316. The molecule has 0 spiro atoms. The van der Waals surface area contributed by atoms with Crippen LogP contribution in [0.3, 0.4) is 0 Å². The Balaban J connectivity index is 1.72. The molecule has 2 aromatic rings. The van der Waals surface area contributed by atoms with Crippen LogP contribution in [0.5, 0.6) is 5.75 Å². The number of carbonyl (C=O) groups is 1. The highest BCUT2D eigenvalue weighted by molar-refractivity contribution is 6.30. The summed E-state index contributed by atoms with van der Waals surface area (Å²) in [7, 11) is 0. The highest BCUT2D eigenvalue weighted by Gasteiger charge is 2.34. The zero-order valence-electron chi connectivity index (χ0n) is 13.3. The Bertz CT molecular complexity index is 720. The van der Waals surface area contributed by atoms with Gasteiger partial charge in [-0.1, -0.05) is 35.9 Å². The second-order valence-electron chi connectivity index (χ2n) is 6.34. The molecule has 2 aromatic carbocycles. The van der Waals surface area contributed by atoms with Crippen molar-refractivity contribution in [2.24, 2.45) is 0 Å². The molecule has 0 radical (unpaired) electrons. The third-order valence-electron chi connectivity index (χ3n) is 3.86. The van der Waals surface area contributed by atoms with E-state index in [1.807, 2.05) is 56.3 Å². The maximum atomic E-state index is 12.3. The van der Waals surface area contributed by atoms with Crippen LogP contribution in [0.25, 0.3) is 0 Å². The lowest BCUT2D eigenvalue weighted by Crippen LogP contribution is -2.36. The summed E-state index contributed by atoms with van der Waals surface area (Å²) in [6.07, 6.45) is 1.45. The van der Waals surface area contributed by atoms with Crippen LogP contribution in [0.2, 0.25) is 5.02 Å². The molecule has 0 bridgehead atoms. The van der Waals surface area contributed by atoms with Gasteiger partial charge >= 0.3 is 5.97 Å². The third-order valence-corrected chi connectivity index (χ3v) is 4.12. The summed E-state index contributed by atoms with van der Waals surface area (Å²) in [6.45, 7) is 4.33. The van der Waals surface area contributed by atoms with Crippen molar-refractivity contribution in [1.29, 1.82) is 0 Å².